The van der Waals surface area contributed by atoms with Crippen LogP contribution in [0.4, 0.5) is 0 Å². The molecule has 5 nitrogen and oxygen atoms in total. The van der Waals surface area contributed by atoms with Gasteiger partial charge in [0.05, 0.1) is 23.7 Å². The maximum Gasteiger partial charge on any atom is 0.266 e. The Labute approximate surface area is 175 Å². The summed E-state index contributed by atoms with van der Waals surface area (Å²) >= 11 is 2.20. The minimum Gasteiger partial charge on any atom is -0.497 e. The van der Waals surface area contributed by atoms with E-state index in [2.05, 4.69) is 27.6 Å². The van der Waals surface area contributed by atoms with Crippen LogP contribution in [0.2, 0.25) is 0 Å². The van der Waals surface area contributed by atoms with E-state index in [-0.39, 0.29) is 5.56 Å². The highest BCUT2D eigenvalue weighted by molar-refractivity contribution is 14.1. The van der Waals surface area contributed by atoms with E-state index < -0.39 is 0 Å². The first-order valence-electron chi connectivity index (χ1n) is 8.60. The van der Waals surface area contributed by atoms with E-state index in [0.717, 1.165) is 20.6 Å². The van der Waals surface area contributed by atoms with E-state index in [1.54, 1.807) is 24.1 Å². The molecule has 0 saturated carbocycles. The van der Waals surface area contributed by atoms with Crippen molar-refractivity contribution >= 4 is 45.6 Å². The van der Waals surface area contributed by atoms with Crippen LogP contribution in [0.25, 0.3) is 28.7 Å². The average Bonchev–Trinajstić information content (AvgIpc) is 2.74. The van der Waals surface area contributed by atoms with Gasteiger partial charge < -0.3 is 4.74 Å². The molecule has 0 bridgehead atoms. The Hall–Kier alpha value is -3.00. The first-order valence-corrected chi connectivity index (χ1v) is 9.68. The standard InChI is InChI=1S/C22H16IN3O2/c1-28-18-8-6-17(7-9-18)26-21(11-4-15-3-2-12-24-14-15)25-20-10-5-16(23)13-19(20)22(26)27/h2-14H,1H3/b11-4+. The molecule has 0 saturated heterocycles. The summed E-state index contributed by atoms with van der Waals surface area (Å²) in [4.78, 5) is 22.2. The Morgan fingerprint density at radius 2 is 1.89 bits per heavy atom. The highest BCUT2D eigenvalue weighted by Gasteiger charge is 2.12. The molecule has 4 aromatic rings. The molecule has 0 fully saturated rings. The van der Waals surface area contributed by atoms with Crippen LogP contribution in [-0.2, 0) is 0 Å². The topological polar surface area (TPSA) is 57.0 Å². The lowest BCUT2D eigenvalue weighted by Gasteiger charge is -2.12. The predicted octanol–water partition coefficient (Wildman–Crippen LogP) is 4.56. The number of fused-ring (bicyclic) bond motifs is 1. The number of methoxy groups -OCH3 is 1. The largest absolute Gasteiger partial charge is 0.497 e. The van der Waals surface area contributed by atoms with E-state index in [4.69, 9.17) is 9.72 Å². The SMILES string of the molecule is COc1ccc(-n2c(/C=C/c3cccnc3)nc3ccc(I)cc3c2=O)cc1. The van der Waals surface area contributed by atoms with Crippen molar-refractivity contribution in [3.8, 4) is 11.4 Å². The van der Waals surface area contributed by atoms with Crippen LogP contribution in [0.3, 0.4) is 0 Å². The first-order chi connectivity index (χ1) is 13.7. The Balaban J connectivity index is 1.94. The lowest BCUT2D eigenvalue weighted by Crippen LogP contribution is -2.22. The molecule has 6 heteroatoms. The van der Waals surface area contributed by atoms with Gasteiger partial charge in [0.1, 0.15) is 11.6 Å². The third-order valence-corrected chi connectivity index (χ3v) is 4.97. The number of pyridine rings is 1. The number of nitrogens with zero attached hydrogens (tertiary/aromatic N) is 3. The van der Waals surface area contributed by atoms with Crippen molar-refractivity contribution in [2.45, 2.75) is 0 Å². The lowest BCUT2D eigenvalue weighted by molar-refractivity contribution is 0.414. The zero-order valence-electron chi connectivity index (χ0n) is 15.0. The Kier molecular flexibility index (Phi) is 5.21. The fourth-order valence-electron chi connectivity index (χ4n) is 2.91. The number of hydrogen-bond donors (Lipinski definition) is 0. The number of hydrogen-bond acceptors (Lipinski definition) is 4. The summed E-state index contributed by atoms with van der Waals surface area (Å²) in [5, 5.41) is 0.584. The van der Waals surface area contributed by atoms with Gasteiger partial charge in [-0.25, -0.2) is 4.98 Å². The second kappa shape index (κ2) is 7.93. The molecule has 2 aromatic heterocycles. The number of ether oxygens (including phenoxy) is 1. The van der Waals surface area contributed by atoms with Gasteiger partial charge in [0.2, 0.25) is 0 Å². The van der Waals surface area contributed by atoms with Crippen LogP contribution in [0, 0.1) is 3.57 Å². The maximum atomic E-state index is 13.3. The van der Waals surface area contributed by atoms with Crippen molar-refractivity contribution in [3.05, 3.63) is 92.3 Å². The van der Waals surface area contributed by atoms with E-state index in [1.165, 1.54) is 0 Å². The quantitative estimate of drug-likeness (QED) is 0.401. The molecule has 0 aliphatic heterocycles. The van der Waals surface area contributed by atoms with Crippen LogP contribution in [-0.4, -0.2) is 21.6 Å². The Morgan fingerprint density at radius 1 is 1.07 bits per heavy atom. The van der Waals surface area contributed by atoms with E-state index in [9.17, 15) is 4.79 Å². The third-order valence-electron chi connectivity index (χ3n) is 4.30. The third kappa shape index (κ3) is 3.68. The molecule has 0 spiro atoms. The van der Waals surface area contributed by atoms with Gasteiger partial charge >= 0.3 is 0 Å². The smallest absolute Gasteiger partial charge is 0.266 e. The van der Waals surface area contributed by atoms with Crippen molar-refractivity contribution in [2.24, 2.45) is 0 Å². The van der Waals surface area contributed by atoms with E-state index in [0.29, 0.717) is 16.7 Å². The van der Waals surface area contributed by atoms with Gasteiger partial charge in [0, 0.05) is 16.0 Å². The molecule has 0 aliphatic rings. The average molecular weight is 481 g/mol. The van der Waals surface area contributed by atoms with Crippen molar-refractivity contribution in [1.82, 2.24) is 14.5 Å². The number of aromatic nitrogens is 3. The number of halogens is 1. The first kappa shape index (κ1) is 18.4. The second-order valence-electron chi connectivity index (χ2n) is 6.09. The molecule has 0 atom stereocenters. The molecular formula is C22H16IN3O2. The molecule has 138 valence electrons. The highest BCUT2D eigenvalue weighted by atomic mass is 127. The molecule has 0 aliphatic carbocycles. The van der Waals surface area contributed by atoms with E-state index in [1.807, 2.05) is 66.7 Å². The molecule has 0 amide bonds. The highest BCUT2D eigenvalue weighted by Crippen LogP contribution is 2.19. The second-order valence-corrected chi connectivity index (χ2v) is 7.34. The van der Waals surface area contributed by atoms with E-state index >= 15 is 0 Å². The van der Waals surface area contributed by atoms with Gasteiger partial charge in [0.25, 0.3) is 5.56 Å². The van der Waals surface area contributed by atoms with Gasteiger partial charge in [-0.05, 0) is 88.8 Å². The lowest BCUT2D eigenvalue weighted by atomic mass is 10.2. The van der Waals surface area contributed by atoms with Gasteiger partial charge in [0.15, 0.2) is 0 Å². The summed E-state index contributed by atoms with van der Waals surface area (Å²) in [7, 11) is 1.61. The Bertz CT molecular complexity index is 1220. The summed E-state index contributed by atoms with van der Waals surface area (Å²) in [5.74, 6) is 1.28. The van der Waals surface area contributed by atoms with Crippen molar-refractivity contribution in [1.29, 1.82) is 0 Å². The molecular weight excluding hydrogens is 465 g/mol. The predicted molar refractivity (Wildman–Crippen MR) is 120 cm³/mol. The summed E-state index contributed by atoms with van der Waals surface area (Å²) < 4.78 is 7.84. The van der Waals surface area contributed by atoms with Crippen molar-refractivity contribution in [3.63, 3.8) is 0 Å². The summed E-state index contributed by atoms with van der Waals surface area (Å²) in [6.45, 7) is 0. The van der Waals surface area contributed by atoms with Crippen LogP contribution < -0.4 is 10.3 Å². The number of rotatable bonds is 4. The molecule has 0 unspecified atom stereocenters. The molecule has 2 heterocycles. The van der Waals surface area contributed by atoms with Crippen LogP contribution in [0.1, 0.15) is 11.4 Å². The monoisotopic (exact) mass is 481 g/mol. The van der Waals surface area contributed by atoms with Gasteiger partial charge in [-0.2, -0.15) is 0 Å². The van der Waals surface area contributed by atoms with Gasteiger partial charge in [-0.15, -0.1) is 0 Å². The molecule has 0 N–H and O–H groups in total. The Morgan fingerprint density at radius 3 is 2.61 bits per heavy atom. The van der Waals surface area contributed by atoms with Gasteiger partial charge in [-0.1, -0.05) is 6.07 Å². The molecule has 0 radical (unpaired) electrons. The molecule has 28 heavy (non-hydrogen) atoms. The summed E-state index contributed by atoms with van der Waals surface area (Å²) in [6, 6.07) is 16.9. The molecule has 2 aromatic carbocycles. The minimum absolute atomic E-state index is 0.112. The van der Waals surface area contributed by atoms with Crippen molar-refractivity contribution in [2.75, 3.05) is 7.11 Å². The summed E-state index contributed by atoms with van der Waals surface area (Å²) in [5.41, 5.74) is 2.21. The molecule has 4 rings (SSSR count). The zero-order chi connectivity index (χ0) is 19.5. The maximum absolute atomic E-state index is 13.3. The minimum atomic E-state index is -0.112. The van der Waals surface area contributed by atoms with Crippen molar-refractivity contribution < 1.29 is 4.74 Å². The fourth-order valence-corrected chi connectivity index (χ4v) is 3.40. The normalized spacial score (nSPS) is 11.2. The summed E-state index contributed by atoms with van der Waals surface area (Å²) in [6.07, 6.45) is 7.21. The van der Waals surface area contributed by atoms with Crippen LogP contribution in [0.5, 0.6) is 5.75 Å². The van der Waals surface area contributed by atoms with Gasteiger partial charge in [-0.3, -0.25) is 14.3 Å². The zero-order valence-corrected chi connectivity index (χ0v) is 17.2. The number of benzene rings is 2. The fraction of sp³-hybridized carbons (Fsp3) is 0.0455. The van der Waals surface area contributed by atoms with Crippen LogP contribution in [0.15, 0.2) is 71.8 Å². The van der Waals surface area contributed by atoms with Crippen LogP contribution >= 0.6 is 22.6 Å².